The Hall–Kier alpha value is -3.65. The highest BCUT2D eigenvalue weighted by Gasteiger charge is 2.45. The SMILES string of the molecule is O=C(Nc1cc(NCc2cn3cc(C4CC4)ccc3n2)ncn1)C1CC1c1cc(Cl)ccc1O. The van der Waals surface area contributed by atoms with Gasteiger partial charge in [-0.3, -0.25) is 4.79 Å². The molecule has 0 saturated heterocycles. The van der Waals surface area contributed by atoms with E-state index in [9.17, 15) is 9.90 Å². The molecule has 2 saturated carbocycles. The lowest BCUT2D eigenvalue weighted by atomic mass is 10.1. The number of nitrogens with one attached hydrogen (secondary N) is 2. The van der Waals surface area contributed by atoms with Gasteiger partial charge in [0.05, 0.1) is 12.2 Å². The monoisotopic (exact) mass is 474 g/mol. The molecule has 8 nitrogen and oxygen atoms in total. The molecule has 4 aromatic rings. The Morgan fingerprint density at radius 2 is 1.97 bits per heavy atom. The van der Waals surface area contributed by atoms with E-state index in [2.05, 4.69) is 48.3 Å². The fourth-order valence-electron chi connectivity index (χ4n) is 4.38. The number of hydrogen-bond acceptors (Lipinski definition) is 6. The van der Waals surface area contributed by atoms with Crippen LogP contribution in [0.3, 0.4) is 0 Å². The molecule has 2 aliphatic rings. The average Bonchev–Trinajstić information content (AvgIpc) is 3.76. The van der Waals surface area contributed by atoms with Gasteiger partial charge >= 0.3 is 0 Å². The number of phenolic OH excluding ortho intramolecular Hbond substituents is 1. The van der Waals surface area contributed by atoms with Crippen molar-refractivity contribution in [3.05, 3.63) is 77.0 Å². The number of halogens is 1. The second-order valence-corrected chi connectivity index (χ2v) is 9.45. The van der Waals surface area contributed by atoms with Crippen LogP contribution in [0, 0.1) is 5.92 Å². The number of hydrogen-bond donors (Lipinski definition) is 3. The van der Waals surface area contributed by atoms with E-state index in [0.29, 0.717) is 41.1 Å². The summed E-state index contributed by atoms with van der Waals surface area (Å²) >= 11 is 6.04. The van der Waals surface area contributed by atoms with Crippen molar-refractivity contribution < 1.29 is 9.90 Å². The van der Waals surface area contributed by atoms with Gasteiger partial charge < -0.3 is 20.1 Å². The number of aromatic hydroxyl groups is 1. The number of carbonyl (C=O) groups excluding carboxylic acids is 1. The van der Waals surface area contributed by atoms with E-state index in [1.54, 1.807) is 24.3 Å². The van der Waals surface area contributed by atoms with Crippen molar-refractivity contribution in [1.82, 2.24) is 19.4 Å². The van der Waals surface area contributed by atoms with E-state index in [1.807, 2.05) is 6.20 Å². The zero-order valence-electron chi connectivity index (χ0n) is 18.3. The van der Waals surface area contributed by atoms with Crippen LogP contribution in [-0.2, 0) is 11.3 Å². The van der Waals surface area contributed by atoms with E-state index in [-0.39, 0.29) is 23.5 Å². The Bertz CT molecular complexity index is 1400. The lowest BCUT2D eigenvalue weighted by molar-refractivity contribution is -0.117. The molecule has 34 heavy (non-hydrogen) atoms. The third kappa shape index (κ3) is 4.28. The van der Waals surface area contributed by atoms with Crippen LogP contribution in [0.15, 0.2) is 55.1 Å². The molecule has 6 rings (SSSR count). The zero-order chi connectivity index (χ0) is 23.2. The predicted molar refractivity (Wildman–Crippen MR) is 129 cm³/mol. The van der Waals surface area contributed by atoms with Crippen molar-refractivity contribution >= 4 is 34.8 Å². The molecule has 0 radical (unpaired) electrons. The summed E-state index contributed by atoms with van der Waals surface area (Å²) < 4.78 is 2.07. The van der Waals surface area contributed by atoms with Gasteiger partial charge in [-0.2, -0.15) is 0 Å². The number of benzene rings is 1. The first kappa shape index (κ1) is 20.9. The fraction of sp³-hybridized carbons (Fsp3) is 0.280. The van der Waals surface area contributed by atoms with Crippen molar-refractivity contribution in [3.8, 4) is 5.75 Å². The van der Waals surface area contributed by atoms with Gasteiger partial charge in [0.1, 0.15) is 29.4 Å². The number of amides is 1. The normalized spacial score (nSPS) is 19.2. The third-order valence-corrected chi connectivity index (χ3v) is 6.69. The summed E-state index contributed by atoms with van der Waals surface area (Å²) in [6, 6.07) is 10.8. The van der Waals surface area contributed by atoms with Crippen molar-refractivity contribution in [2.24, 2.45) is 5.92 Å². The molecule has 2 aliphatic carbocycles. The highest BCUT2D eigenvalue weighted by Crippen LogP contribution is 2.51. The molecule has 1 aromatic carbocycles. The maximum Gasteiger partial charge on any atom is 0.229 e. The minimum Gasteiger partial charge on any atom is -0.508 e. The average molecular weight is 475 g/mol. The minimum atomic E-state index is -0.228. The Labute approximate surface area is 201 Å². The summed E-state index contributed by atoms with van der Waals surface area (Å²) in [6.45, 7) is 0.504. The standard InChI is InChI=1S/C25H23ClN6O2/c26-16-4-5-21(33)19(7-16)18-8-20(18)25(34)31-23-9-22(28-13-29-23)27-10-17-12-32-11-15(14-1-2-14)3-6-24(32)30-17/h3-7,9,11-14,18,20,33H,1-2,8,10H2,(H2,27,28,29,31,34). The number of fused-ring (bicyclic) bond motifs is 1. The van der Waals surface area contributed by atoms with E-state index < -0.39 is 0 Å². The quantitative estimate of drug-likeness (QED) is 0.358. The van der Waals surface area contributed by atoms with Crippen LogP contribution in [0.5, 0.6) is 5.75 Å². The summed E-state index contributed by atoms with van der Waals surface area (Å²) in [5, 5.41) is 16.7. The molecule has 1 amide bonds. The molecule has 2 atom stereocenters. The minimum absolute atomic E-state index is 0.0476. The van der Waals surface area contributed by atoms with Crippen LogP contribution >= 0.6 is 11.6 Å². The van der Waals surface area contributed by atoms with Gasteiger partial charge in [-0.25, -0.2) is 15.0 Å². The van der Waals surface area contributed by atoms with Crippen molar-refractivity contribution in [1.29, 1.82) is 0 Å². The van der Waals surface area contributed by atoms with Crippen LogP contribution in [0.2, 0.25) is 5.02 Å². The molecule has 3 heterocycles. The van der Waals surface area contributed by atoms with E-state index in [0.717, 1.165) is 11.3 Å². The number of carbonyl (C=O) groups is 1. The van der Waals surface area contributed by atoms with Gasteiger partial charge in [-0.15, -0.1) is 0 Å². The molecule has 0 aliphatic heterocycles. The maximum atomic E-state index is 12.7. The topological polar surface area (TPSA) is 104 Å². The third-order valence-electron chi connectivity index (χ3n) is 6.46. The van der Waals surface area contributed by atoms with Crippen LogP contribution in [0.25, 0.3) is 5.65 Å². The van der Waals surface area contributed by atoms with E-state index in [4.69, 9.17) is 11.6 Å². The highest BCUT2D eigenvalue weighted by molar-refractivity contribution is 6.30. The summed E-state index contributed by atoms with van der Waals surface area (Å²) in [5.74, 6) is 1.47. The summed E-state index contributed by atoms with van der Waals surface area (Å²) in [7, 11) is 0. The number of imidazole rings is 1. The van der Waals surface area contributed by atoms with Crippen molar-refractivity contribution in [2.75, 3.05) is 10.6 Å². The number of phenols is 1. The first-order valence-corrected chi connectivity index (χ1v) is 11.7. The van der Waals surface area contributed by atoms with E-state index >= 15 is 0 Å². The smallest absolute Gasteiger partial charge is 0.229 e. The van der Waals surface area contributed by atoms with Crippen LogP contribution in [0.4, 0.5) is 11.6 Å². The van der Waals surface area contributed by atoms with Crippen LogP contribution < -0.4 is 10.6 Å². The molecule has 0 spiro atoms. The van der Waals surface area contributed by atoms with Gasteiger partial charge in [0, 0.05) is 29.4 Å². The molecular formula is C25H23ClN6O2. The first-order valence-electron chi connectivity index (χ1n) is 11.4. The number of rotatable bonds is 7. The fourth-order valence-corrected chi connectivity index (χ4v) is 4.56. The second kappa shape index (κ2) is 8.29. The van der Waals surface area contributed by atoms with Gasteiger partial charge in [-0.1, -0.05) is 17.7 Å². The van der Waals surface area contributed by atoms with Crippen LogP contribution in [-0.4, -0.2) is 30.4 Å². The molecule has 3 aromatic heterocycles. The molecule has 2 unspecified atom stereocenters. The summed E-state index contributed by atoms with van der Waals surface area (Å²) in [5.41, 5.74) is 3.89. The molecule has 172 valence electrons. The Morgan fingerprint density at radius 1 is 1.12 bits per heavy atom. The van der Waals surface area contributed by atoms with Gasteiger partial charge in [0.25, 0.3) is 0 Å². The highest BCUT2D eigenvalue weighted by atomic mass is 35.5. The number of pyridine rings is 1. The predicted octanol–water partition coefficient (Wildman–Crippen LogP) is 4.72. The Balaban J connectivity index is 1.08. The Kier molecular flexibility index (Phi) is 5.10. The van der Waals surface area contributed by atoms with Gasteiger partial charge in [-0.05, 0) is 66.5 Å². The second-order valence-electron chi connectivity index (χ2n) is 9.02. The Morgan fingerprint density at radius 3 is 2.82 bits per heavy atom. The molecular weight excluding hydrogens is 452 g/mol. The van der Waals surface area contributed by atoms with Gasteiger partial charge in [0.15, 0.2) is 0 Å². The lowest BCUT2D eigenvalue weighted by Crippen LogP contribution is -2.16. The molecule has 2 fully saturated rings. The zero-order valence-corrected chi connectivity index (χ0v) is 19.0. The largest absolute Gasteiger partial charge is 0.508 e. The molecule has 9 heteroatoms. The number of anilines is 2. The lowest BCUT2D eigenvalue weighted by Gasteiger charge is -2.08. The summed E-state index contributed by atoms with van der Waals surface area (Å²) in [4.78, 5) is 25.8. The summed E-state index contributed by atoms with van der Waals surface area (Å²) in [6.07, 6.45) is 8.80. The molecule has 0 bridgehead atoms. The first-order chi connectivity index (χ1) is 16.5. The van der Waals surface area contributed by atoms with Gasteiger partial charge in [0.2, 0.25) is 5.91 Å². The maximum absolute atomic E-state index is 12.7. The molecule has 3 N–H and O–H groups in total. The van der Waals surface area contributed by atoms with Crippen molar-refractivity contribution in [2.45, 2.75) is 37.6 Å². The number of aromatic nitrogens is 4. The van der Waals surface area contributed by atoms with Crippen molar-refractivity contribution in [3.63, 3.8) is 0 Å². The van der Waals surface area contributed by atoms with Crippen LogP contribution in [0.1, 0.15) is 47.9 Å². The number of nitrogens with zero attached hydrogens (tertiary/aromatic N) is 4. The van der Waals surface area contributed by atoms with E-state index in [1.165, 1.54) is 24.7 Å².